The van der Waals surface area contributed by atoms with Gasteiger partial charge in [0.05, 0.1) is 13.0 Å². The summed E-state index contributed by atoms with van der Waals surface area (Å²) in [6, 6.07) is -5.22. The largest absolute Gasteiger partial charge is 0.783 e. The first kappa shape index (κ1) is 2.26. The molecule has 1 aromatic rings. The lowest BCUT2D eigenvalue weighted by atomic mass is 10.1. The van der Waals surface area contributed by atoms with Gasteiger partial charge in [-0.3, -0.25) is 0 Å². The van der Waals surface area contributed by atoms with Gasteiger partial charge in [0.15, 0.2) is 0 Å². The maximum atomic E-state index is 13.2. The molecule has 3 heteroatoms. The van der Waals surface area contributed by atoms with Gasteiger partial charge < -0.3 is 16.0 Å². The molecule has 0 amide bonds. The number of hydroxylamine groups is 2. The van der Waals surface area contributed by atoms with Crippen molar-refractivity contribution in [2.75, 3.05) is 0 Å². The standard InChI is InChI=1S/C11H17N2O/c1-11(2,3)13(14)10(12)9-7-5-4-6-8-9/h4-8,10H,12H2,1-3H3/q-1/i1D3,2D3,3D3,4D,5D,6D,7D,8D/hD2. The Morgan fingerprint density at radius 3 is 2.64 bits per heavy atom. The van der Waals surface area contributed by atoms with Crippen molar-refractivity contribution in [1.82, 2.24) is 5.06 Å². The third kappa shape index (κ3) is 2.54. The van der Waals surface area contributed by atoms with E-state index in [0.717, 1.165) is 0 Å². The highest BCUT2D eigenvalue weighted by atomic mass is 16.5. The van der Waals surface area contributed by atoms with Crippen LogP contribution < -0.4 is 5.72 Å². The number of hydrogen-bond acceptors (Lipinski definition) is 3. The number of nitrogens with two attached hydrogens (primary N) is 1. The summed E-state index contributed by atoms with van der Waals surface area (Å²) in [7, 11) is 0. The Bertz CT molecular complexity index is 731. The molecule has 0 bridgehead atoms. The first-order chi connectivity index (χ1) is 13.2. The van der Waals surface area contributed by atoms with Gasteiger partial charge in [0.1, 0.15) is 2.82 Å². The summed E-state index contributed by atoms with van der Waals surface area (Å²) in [5, 5.41) is 12.1. The van der Waals surface area contributed by atoms with Crippen LogP contribution in [0.5, 0.6) is 0 Å². The molecule has 0 spiro atoms. The maximum absolute atomic E-state index is 13.2. The van der Waals surface area contributed by atoms with Crippen LogP contribution in [0.2, 0.25) is 2.82 Å². The minimum atomic E-state index is -4.19. The molecule has 0 aliphatic carbocycles. The average Bonchev–Trinajstić information content (AvgIpc) is 2.50. The minimum absolute atomic E-state index is 0.612. The Balaban J connectivity index is 4.09. The van der Waals surface area contributed by atoms with Crippen molar-refractivity contribution < 1.29 is 22.0 Å². The van der Waals surface area contributed by atoms with Gasteiger partial charge in [-0.2, -0.15) is 0 Å². The highest BCUT2D eigenvalue weighted by Gasteiger charge is 2.18. The van der Waals surface area contributed by atoms with Crippen molar-refractivity contribution in [2.24, 2.45) is 5.72 Å². The molecule has 1 unspecified atom stereocenters. The smallest absolute Gasteiger partial charge is 0.120 e. The van der Waals surface area contributed by atoms with Crippen LogP contribution in [0.1, 0.15) is 51.5 Å². The van der Waals surface area contributed by atoms with Crippen molar-refractivity contribution in [1.29, 1.82) is 0 Å². The maximum Gasteiger partial charge on any atom is 0.120 e. The zero-order chi connectivity index (χ0) is 24.2. The Kier molecular flexibility index (Phi) is 0.661. The Labute approximate surface area is 108 Å². The van der Waals surface area contributed by atoms with Crippen LogP contribution in [0, 0.1) is 5.21 Å². The quantitative estimate of drug-likeness (QED) is 0.613. The van der Waals surface area contributed by atoms with Gasteiger partial charge in [0, 0.05) is 17.9 Å². The highest BCUT2D eigenvalue weighted by Crippen LogP contribution is 2.22. The number of hydrogen-bond donors (Lipinski definition) is 1. The van der Waals surface area contributed by atoms with E-state index in [1.807, 2.05) is 0 Å². The summed E-state index contributed by atoms with van der Waals surface area (Å²) < 4.78 is 121. The van der Waals surface area contributed by atoms with E-state index >= 15 is 0 Å². The number of benzene rings is 1. The van der Waals surface area contributed by atoms with E-state index in [-0.39, 0.29) is 0 Å². The lowest BCUT2D eigenvalue weighted by Gasteiger charge is -2.45. The van der Waals surface area contributed by atoms with Crippen LogP contribution in [0.15, 0.2) is 30.2 Å². The minimum Gasteiger partial charge on any atom is -0.783 e. The number of nitrogens with zero attached hydrogens (tertiary/aromatic N) is 1. The summed E-state index contributed by atoms with van der Waals surface area (Å²) in [5.41, 5.74) is -5.93. The van der Waals surface area contributed by atoms with E-state index in [9.17, 15) is 5.21 Å². The summed E-state index contributed by atoms with van der Waals surface area (Å²) in [4.78, 5) is 0. The van der Waals surface area contributed by atoms with Crippen molar-refractivity contribution in [2.45, 2.75) is 32.3 Å². The fraction of sp³-hybridized carbons (Fsp3) is 0.455. The molecule has 1 rings (SSSR count). The predicted molar refractivity (Wildman–Crippen MR) is 58.3 cm³/mol. The molecule has 0 aromatic heterocycles. The molecule has 0 saturated carbocycles. The first-order valence-corrected chi connectivity index (χ1v) is 3.46. The summed E-state index contributed by atoms with van der Waals surface area (Å²) in [6.45, 7) is -12.1. The van der Waals surface area contributed by atoms with Crippen LogP contribution in [0.4, 0.5) is 0 Å². The summed E-state index contributed by atoms with van der Waals surface area (Å²) in [6.07, 6.45) is -2.81. The van der Waals surface area contributed by atoms with E-state index in [4.69, 9.17) is 22.0 Å². The second kappa shape index (κ2) is 4.09. The number of rotatable bonds is 3. The molecule has 0 saturated heterocycles. The highest BCUT2D eigenvalue weighted by molar-refractivity contribution is 5.18. The monoisotopic (exact) mass is 209 g/mol. The second-order valence-electron chi connectivity index (χ2n) is 2.45. The zero-order valence-electron chi connectivity index (χ0n) is 22.9. The van der Waals surface area contributed by atoms with Crippen molar-refractivity contribution in [3.8, 4) is 0 Å². The van der Waals surface area contributed by atoms with E-state index in [1.165, 1.54) is 0 Å². The molecule has 78 valence electrons. The lowest BCUT2D eigenvalue weighted by molar-refractivity contribution is 0.149. The van der Waals surface area contributed by atoms with Gasteiger partial charge in [-0.15, -0.1) is 0 Å². The molecule has 1 atom stereocenters. The van der Waals surface area contributed by atoms with Crippen LogP contribution in [-0.4, -0.2) is 10.6 Å². The van der Waals surface area contributed by atoms with E-state index < -0.39 is 78.8 Å². The van der Waals surface area contributed by atoms with Crippen LogP contribution >= 0.6 is 0 Å². The zero-order valence-corrected chi connectivity index (χ0v) is 6.88. The normalized spacial score (nSPS) is 33.9. The SMILES string of the molecule is [2H]c1c([2H])c([2H])c(C(N([2H])[2H])N([O-])C(C([2H])([2H])[2H])(C([2H])([2H])[2H])C([2H])([2H])[2H])c([2H])c1[2H]. The summed E-state index contributed by atoms with van der Waals surface area (Å²) in [5.74, 6) is 0. The van der Waals surface area contributed by atoms with E-state index in [2.05, 4.69) is 0 Å². The van der Waals surface area contributed by atoms with Gasteiger partial charge in [-0.1, -0.05) is 30.2 Å². The molecule has 0 aliphatic heterocycles. The van der Waals surface area contributed by atoms with Crippen molar-refractivity contribution in [3.05, 3.63) is 41.0 Å². The van der Waals surface area contributed by atoms with Gasteiger partial charge >= 0.3 is 0 Å². The topological polar surface area (TPSA) is 52.3 Å². The van der Waals surface area contributed by atoms with Crippen molar-refractivity contribution >= 4 is 0 Å². The lowest BCUT2D eigenvalue weighted by Crippen LogP contribution is -2.43. The summed E-state index contributed by atoms with van der Waals surface area (Å²) >= 11 is 0. The van der Waals surface area contributed by atoms with E-state index in [1.54, 1.807) is 0 Å². The Hall–Kier alpha value is -0.900. The fourth-order valence-corrected chi connectivity index (χ4v) is 0.689. The molecule has 0 aliphatic rings. The molecule has 2 N–H and O–H groups in total. The van der Waals surface area contributed by atoms with Crippen LogP contribution in [0.3, 0.4) is 0 Å². The van der Waals surface area contributed by atoms with Crippen molar-refractivity contribution in [3.63, 3.8) is 0 Å². The molecule has 3 nitrogen and oxygen atoms in total. The molecule has 0 radical (unpaired) electrons. The van der Waals surface area contributed by atoms with Crippen LogP contribution in [0.25, 0.3) is 0 Å². The fourth-order valence-electron chi connectivity index (χ4n) is 0.689. The predicted octanol–water partition coefficient (Wildman–Crippen LogP) is 2.24. The first-order valence-electron chi connectivity index (χ1n) is 11.4. The Morgan fingerprint density at radius 2 is 2.14 bits per heavy atom. The van der Waals surface area contributed by atoms with Gasteiger partial charge in [-0.25, -0.2) is 0 Å². The van der Waals surface area contributed by atoms with Crippen LogP contribution in [-0.2, 0) is 0 Å². The average molecular weight is 209 g/mol. The third-order valence-electron chi connectivity index (χ3n) is 1.33. The molecule has 1 aromatic carbocycles. The molecular formula is C11H17N2O-. The molecule has 0 heterocycles. The Morgan fingerprint density at radius 1 is 1.50 bits per heavy atom. The van der Waals surface area contributed by atoms with E-state index in [0.29, 0.717) is 0 Å². The van der Waals surface area contributed by atoms with Gasteiger partial charge in [-0.05, 0) is 26.1 Å². The molecule has 14 heavy (non-hydrogen) atoms. The van der Waals surface area contributed by atoms with Gasteiger partial charge in [0.2, 0.25) is 0 Å². The molecular weight excluding hydrogens is 176 g/mol. The second-order valence-corrected chi connectivity index (χ2v) is 2.45. The molecule has 0 fully saturated rings. The third-order valence-corrected chi connectivity index (χ3v) is 1.33. The van der Waals surface area contributed by atoms with Gasteiger partial charge in [0.25, 0.3) is 0 Å².